The molecule has 1 aliphatic heterocycles. The highest BCUT2D eigenvalue weighted by atomic mass is 127. The van der Waals surface area contributed by atoms with Crippen molar-refractivity contribution in [2.24, 2.45) is 4.99 Å². The van der Waals surface area contributed by atoms with Crippen molar-refractivity contribution in [3.63, 3.8) is 0 Å². The maximum absolute atomic E-state index is 5.69. The summed E-state index contributed by atoms with van der Waals surface area (Å²) in [7, 11) is 1.82. The second kappa shape index (κ2) is 11.1. The highest BCUT2D eigenvalue weighted by molar-refractivity contribution is 14.0. The summed E-state index contributed by atoms with van der Waals surface area (Å²) in [5, 5.41) is 6.84. The number of hydrogen-bond donors (Lipinski definition) is 2. The molecule has 6 heteroatoms. The Morgan fingerprint density at radius 2 is 2.04 bits per heavy atom. The van der Waals surface area contributed by atoms with Crippen LogP contribution >= 0.6 is 24.0 Å². The summed E-state index contributed by atoms with van der Waals surface area (Å²) in [5.41, 5.74) is 1.69. The van der Waals surface area contributed by atoms with Gasteiger partial charge >= 0.3 is 0 Å². The van der Waals surface area contributed by atoms with Gasteiger partial charge in [0.2, 0.25) is 0 Å². The lowest BCUT2D eigenvalue weighted by atomic mass is 9.64. The zero-order valence-corrected chi connectivity index (χ0v) is 18.0. The monoisotopic (exact) mass is 473 g/mol. The van der Waals surface area contributed by atoms with Crippen molar-refractivity contribution < 1.29 is 9.47 Å². The zero-order valence-electron chi connectivity index (χ0n) is 15.7. The Bertz CT molecular complexity index is 543. The number of aliphatic imine (C=N–C) groups is 1. The van der Waals surface area contributed by atoms with E-state index >= 15 is 0 Å². The topological polar surface area (TPSA) is 54.9 Å². The molecule has 0 aromatic heterocycles. The van der Waals surface area contributed by atoms with Crippen LogP contribution in [0.25, 0.3) is 0 Å². The molecule has 0 bridgehead atoms. The summed E-state index contributed by atoms with van der Waals surface area (Å²) >= 11 is 0. The van der Waals surface area contributed by atoms with E-state index in [1.54, 1.807) is 0 Å². The first-order chi connectivity index (χ1) is 12.3. The molecular weight excluding hydrogens is 441 g/mol. The average Bonchev–Trinajstić information content (AvgIpc) is 3.13. The van der Waals surface area contributed by atoms with E-state index in [4.69, 9.17) is 9.47 Å². The largest absolute Gasteiger partial charge is 0.377 e. The van der Waals surface area contributed by atoms with Gasteiger partial charge in [-0.15, -0.1) is 24.0 Å². The third kappa shape index (κ3) is 5.82. The van der Waals surface area contributed by atoms with Crippen molar-refractivity contribution in [1.29, 1.82) is 0 Å². The maximum atomic E-state index is 5.69. The number of hydrogen-bond acceptors (Lipinski definition) is 3. The van der Waals surface area contributed by atoms with Gasteiger partial charge in [-0.1, -0.05) is 36.8 Å². The molecule has 2 aliphatic rings. The van der Waals surface area contributed by atoms with E-state index in [-0.39, 0.29) is 29.4 Å². The van der Waals surface area contributed by atoms with E-state index in [9.17, 15) is 0 Å². The Hall–Kier alpha value is -0.860. The molecule has 26 heavy (non-hydrogen) atoms. The molecule has 0 amide bonds. The van der Waals surface area contributed by atoms with Crippen molar-refractivity contribution in [2.45, 2.75) is 43.6 Å². The van der Waals surface area contributed by atoms with Crippen molar-refractivity contribution in [1.82, 2.24) is 10.6 Å². The molecule has 1 aliphatic carbocycles. The number of halogens is 1. The van der Waals surface area contributed by atoms with Gasteiger partial charge in [-0.3, -0.25) is 4.99 Å². The van der Waals surface area contributed by atoms with Crippen LogP contribution in [-0.2, 0) is 14.9 Å². The molecular formula is C20H32IN3O2. The Labute approximate surface area is 174 Å². The van der Waals surface area contributed by atoms with Crippen LogP contribution < -0.4 is 10.6 Å². The fraction of sp³-hybridized carbons (Fsp3) is 0.650. The molecule has 0 spiro atoms. The van der Waals surface area contributed by atoms with Crippen molar-refractivity contribution in [2.75, 3.05) is 40.0 Å². The average molecular weight is 473 g/mol. The molecule has 5 nitrogen and oxygen atoms in total. The number of nitrogens with one attached hydrogen (secondary N) is 2. The Morgan fingerprint density at radius 3 is 2.65 bits per heavy atom. The fourth-order valence-corrected chi connectivity index (χ4v) is 3.67. The predicted octanol–water partition coefficient (Wildman–Crippen LogP) is 3.09. The van der Waals surface area contributed by atoms with Crippen LogP contribution in [-0.4, -0.2) is 52.0 Å². The van der Waals surface area contributed by atoms with Crippen molar-refractivity contribution in [3.05, 3.63) is 35.9 Å². The minimum atomic E-state index is 0. The molecule has 1 heterocycles. The van der Waals surface area contributed by atoms with Gasteiger partial charge in [0, 0.05) is 32.2 Å². The summed E-state index contributed by atoms with van der Waals surface area (Å²) in [5.74, 6) is 0.850. The summed E-state index contributed by atoms with van der Waals surface area (Å²) in [6.45, 7) is 3.93. The third-order valence-electron chi connectivity index (χ3n) is 5.38. The van der Waals surface area contributed by atoms with E-state index in [1.807, 2.05) is 7.05 Å². The van der Waals surface area contributed by atoms with Crippen molar-refractivity contribution in [3.8, 4) is 0 Å². The first-order valence-corrected chi connectivity index (χ1v) is 9.52. The molecule has 1 saturated heterocycles. The minimum Gasteiger partial charge on any atom is -0.377 e. The second-order valence-corrected chi connectivity index (χ2v) is 7.06. The smallest absolute Gasteiger partial charge is 0.191 e. The van der Waals surface area contributed by atoms with Crippen molar-refractivity contribution >= 4 is 29.9 Å². The van der Waals surface area contributed by atoms with Gasteiger partial charge in [-0.05, 0) is 31.2 Å². The van der Waals surface area contributed by atoms with Crippen LogP contribution in [0.1, 0.15) is 37.7 Å². The SMILES string of the molecule is CN=C(NCCOCC1CCCO1)NCC1(c2ccccc2)CCC1.I. The van der Waals surface area contributed by atoms with Gasteiger partial charge in [0.05, 0.1) is 19.3 Å². The van der Waals surface area contributed by atoms with Crippen LogP contribution in [0.15, 0.2) is 35.3 Å². The molecule has 2 fully saturated rings. The summed E-state index contributed by atoms with van der Waals surface area (Å²) in [6.07, 6.45) is 6.36. The van der Waals surface area contributed by atoms with Gasteiger partial charge in [-0.2, -0.15) is 0 Å². The molecule has 1 aromatic rings. The quantitative estimate of drug-likeness (QED) is 0.264. The van der Waals surface area contributed by atoms with Gasteiger partial charge in [0.15, 0.2) is 5.96 Å². The standard InChI is InChI=1S/C20H31N3O2.HI/c1-21-19(22-12-14-24-15-18-9-5-13-25-18)23-16-20(10-6-11-20)17-7-3-2-4-8-17;/h2-4,7-8,18H,5-6,9-16H2,1H3,(H2,21,22,23);1H. The maximum Gasteiger partial charge on any atom is 0.191 e. The Kier molecular flexibility index (Phi) is 9.15. The molecule has 0 radical (unpaired) electrons. The van der Waals surface area contributed by atoms with E-state index in [1.165, 1.54) is 24.8 Å². The highest BCUT2D eigenvalue weighted by Crippen LogP contribution is 2.43. The minimum absolute atomic E-state index is 0. The first-order valence-electron chi connectivity index (χ1n) is 9.52. The molecule has 1 unspecified atom stereocenters. The number of ether oxygens (including phenoxy) is 2. The third-order valence-corrected chi connectivity index (χ3v) is 5.38. The number of nitrogens with zero attached hydrogens (tertiary/aromatic N) is 1. The van der Waals surface area contributed by atoms with Gasteiger partial charge in [0.1, 0.15) is 0 Å². The van der Waals surface area contributed by atoms with Crippen LogP contribution in [0, 0.1) is 0 Å². The number of benzene rings is 1. The molecule has 1 atom stereocenters. The Balaban J connectivity index is 0.00000243. The summed E-state index contributed by atoms with van der Waals surface area (Å²) in [4.78, 5) is 4.33. The van der Waals surface area contributed by atoms with Crippen LogP contribution in [0.4, 0.5) is 0 Å². The molecule has 3 rings (SSSR count). The summed E-state index contributed by atoms with van der Waals surface area (Å²) < 4.78 is 11.2. The molecule has 1 saturated carbocycles. The lowest BCUT2D eigenvalue weighted by molar-refractivity contribution is 0.0191. The Morgan fingerprint density at radius 1 is 1.23 bits per heavy atom. The van der Waals surface area contributed by atoms with E-state index in [0.717, 1.165) is 38.5 Å². The second-order valence-electron chi connectivity index (χ2n) is 7.06. The normalized spacial score (nSPS) is 21.6. The fourth-order valence-electron chi connectivity index (χ4n) is 3.67. The zero-order chi connectivity index (χ0) is 17.4. The molecule has 1 aromatic carbocycles. The lowest BCUT2D eigenvalue weighted by Gasteiger charge is -2.43. The van der Waals surface area contributed by atoms with E-state index < -0.39 is 0 Å². The van der Waals surface area contributed by atoms with Crippen LogP contribution in [0.3, 0.4) is 0 Å². The number of guanidine groups is 1. The lowest BCUT2D eigenvalue weighted by Crippen LogP contribution is -2.49. The first kappa shape index (κ1) is 21.4. The predicted molar refractivity (Wildman–Crippen MR) is 117 cm³/mol. The molecule has 2 N–H and O–H groups in total. The number of rotatable bonds is 8. The van der Waals surface area contributed by atoms with E-state index in [0.29, 0.717) is 19.3 Å². The van der Waals surface area contributed by atoms with Gasteiger partial charge in [-0.25, -0.2) is 0 Å². The molecule has 146 valence electrons. The van der Waals surface area contributed by atoms with Gasteiger partial charge in [0.25, 0.3) is 0 Å². The van der Waals surface area contributed by atoms with Gasteiger partial charge < -0.3 is 20.1 Å². The van der Waals surface area contributed by atoms with Crippen LogP contribution in [0.5, 0.6) is 0 Å². The van der Waals surface area contributed by atoms with Crippen LogP contribution in [0.2, 0.25) is 0 Å². The highest BCUT2D eigenvalue weighted by Gasteiger charge is 2.38. The summed E-state index contributed by atoms with van der Waals surface area (Å²) in [6, 6.07) is 10.8. The van der Waals surface area contributed by atoms with E-state index in [2.05, 4.69) is 46.0 Å².